The zero-order chi connectivity index (χ0) is 18.7. The molecule has 1 aliphatic heterocycles. The lowest BCUT2D eigenvalue weighted by atomic mass is 9.88. The first kappa shape index (κ1) is 17.8. The molecule has 0 radical (unpaired) electrons. The maximum Gasteiger partial charge on any atom is 0.293 e. The van der Waals surface area contributed by atoms with Crippen molar-refractivity contribution in [1.82, 2.24) is 0 Å². The van der Waals surface area contributed by atoms with E-state index in [0.29, 0.717) is 42.7 Å². The number of piperidine rings is 1. The smallest absolute Gasteiger partial charge is 0.293 e. The molecule has 1 aliphatic rings. The van der Waals surface area contributed by atoms with Gasteiger partial charge in [-0.2, -0.15) is 0 Å². The molecule has 0 spiro atoms. The van der Waals surface area contributed by atoms with Gasteiger partial charge in [-0.3, -0.25) is 19.7 Å². The molecule has 0 unspecified atom stereocenters. The van der Waals surface area contributed by atoms with Gasteiger partial charge in [-0.15, -0.1) is 0 Å². The number of ketones is 2. The number of Topliss-reactive ketones (excluding diaryl/α,β-unsaturated/α-hetero) is 2. The van der Waals surface area contributed by atoms with Crippen LogP contribution < -0.4 is 4.90 Å². The zero-order valence-electron chi connectivity index (χ0n) is 14.6. The first-order chi connectivity index (χ1) is 12.5. The fraction of sp³-hybridized carbons (Fsp3) is 0.300. The Balaban J connectivity index is 1.75. The van der Waals surface area contributed by atoms with Gasteiger partial charge < -0.3 is 4.90 Å². The molecule has 1 saturated heterocycles. The Kier molecular flexibility index (Phi) is 5.11. The quantitative estimate of drug-likeness (QED) is 0.463. The molecule has 0 bridgehead atoms. The van der Waals surface area contributed by atoms with Crippen LogP contribution in [0.1, 0.15) is 40.5 Å². The molecule has 0 amide bonds. The number of hydrogen-bond acceptors (Lipinski definition) is 5. The highest BCUT2D eigenvalue weighted by molar-refractivity contribution is 5.98. The van der Waals surface area contributed by atoms with Gasteiger partial charge in [-0.1, -0.05) is 30.3 Å². The molecule has 0 N–H and O–H groups in total. The lowest BCUT2D eigenvalue weighted by Gasteiger charge is -2.32. The summed E-state index contributed by atoms with van der Waals surface area (Å²) < 4.78 is 0. The van der Waals surface area contributed by atoms with Crippen molar-refractivity contribution in [1.29, 1.82) is 0 Å². The van der Waals surface area contributed by atoms with Crippen molar-refractivity contribution in [3.8, 4) is 0 Å². The van der Waals surface area contributed by atoms with Crippen LogP contribution in [0.25, 0.3) is 0 Å². The van der Waals surface area contributed by atoms with Gasteiger partial charge in [0.25, 0.3) is 5.69 Å². The summed E-state index contributed by atoms with van der Waals surface area (Å²) >= 11 is 0. The minimum absolute atomic E-state index is 0.0643. The fourth-order valence-corrected chi connectivity index (χ4v) is 3.38. The first-order valence-electron chi connectivity index (χ1n) is 8.61. The monoisotopic (exact) mass is 352 g/mol. The van der Waals surface area contributed by atoms with Gasteiger partial charge >= 0.3 is 0 Å². The van der Waals surface area contributed by atoms with E-state index in [9.17, 15) is 19.7 Å². The number of nitrogens with zero attached hydrogens (tertiary/aromatic N) is 2. The third-order valence-corrected chi connectivity index (χ3v) is 4.84. The van der Waals surface area contributed by atoms with E-state index in [4.69, 9.17) is 0 Å². The third-order valence-electron chi connectivity index (χ3n) is 4.84. The highest BCUT2D eigenvalue weighted by atomic mass is 16.6. The van der Waals surface area contributed by atoms with E-state index in [1.165, 1.54) is 13.0 Å². The number of rotatable bonds is 5. The maximum atomic E-state index is 12.6. The number of carbonyl (C=O) groups is 2. The van der Waals surface area contributed by atoms with Gasteiger partial charge in [0.2, 0.25) is 0 Å². The molecule has 2 aromatic rings. The molecule has 6 heteroatoms. The highest BCUT2D eigenvalue weighted by Gasteiger charge is 2.29. The van der Waals surface area contributed by atoms with Crippen LogP contribution in [0.4, 0.5) is 11.4 Å². The molecular weight excluding hydrogens is 332 g/mol. The van der Waals surface area contributed by atoms with E-state index in [1.807, 2.05) is 35.2 Å². The molecule has 0 saturated carbocycles. The second-order valence-corrected chi connectivity index (χ2v) is 6.51. The van der Waals surface area contributed by atoms with Crippen LogP contribution in [-0.2, 0) is 0 Å². The fourth-order valence-electron chi connectivity index (χ4n) is 3.38. The summed E-state index contributed by atoms with van der Waals surface area (Å²) in [6.45, 7) is 2.53. The van der Waals surface area contributed by atoms with Crippen molar-refractivity contribution in [2.75, 3.05) is 18.0 Å². The molecule has 26 heavy (non-hydrogen) atoms. The van der Waals surface area contributed by atoms with Gasteiger partial charge in [-0.25, -0.2) is 0 Å². The van der Waals surface area contributed by atoms with Crippen LogP contribution in [0.15, 0.2) is 48.5 Å². The molecule has 6 nitrogen and oxygen atoms in total. The number of nitro benzene ring substituents is 1. The Labute approximate surface area is 151 Å². The van der Waals surface area contributed by atoms with Crippen LogP contribution in [0.5, 0.6) is 0 Å². The topological polar surface area (TPSA) is 80.5 Å². The Morgan fingerprint density at radius 2 is 1.69 bits per heavy atom. The predicted octanol–water partition coefficient (Wildman–Crippen LogP) is 3.90. The summed E-state index contributed by atoms with van der Waals surface area (Å²) in [5.41, 5.74) is 1.48. The van der Waals surface area contributed by atoms with E-state index in [0.717, 1.165) is 0 Å². The van der Waals surface area contributed by atoms with Crippen molar-refractivity contribution in [3.05, 3.63) is 69.8 Å². The summed E-state index contributed by atoms with van der Waals surface area (Å²) in [6, 6.07) is 13.8. The average molecular weight is 352 g/mol. The van der Waals surface area contributed by atoms with Crippen molar-refractivity contribution >= 4 is 22.9 Å². The largest absolute Gasteiger partial charge is 0.366 e. The Morgan fingerprint density at radius 3 is 2.27 bits per heavy atom. The van der Waals surface area contributed by atoms with Crippen LogP contribution in [0, 0.1) is 16.0 Å². The van der Waals surface area contributed by atoms with E-state index in [1.54, 1.807) is 12.1 Å². The Hall–Kier alpha value is -3.02. The van der Waals surface area contributed by atoms with Crippen LogP contribution in [0.3, 0.4) is 0 Å². The van der Waals surface area contributed by atoms with Crippen molar-refractivity contribution in [3.63, 3.8) is 0 Å². The van der Waals surface area contributed by atoms with Crippen LogP contribution >= 0.6 is 0 Å². The summed E-state index contributed by atoms with van der Waals surface area (Å²) in [5.74, 6) is -0.136. The number of hydrogen-bond donors (Lipinski definition) is 0. The Morgan fingerprint density at radius 1 is 1.04 bits per heavy atom. The van der Waals surface area contributed by atoms with Gasteiger partial charge in [-0.05, 0) is 31.9 Å². The molecule has 134 valence electrons. The SMILES string of the molecule is CC(=O)c1ccc(N2CCC(C(=O)c3ccccc3)CC2)c([N+](=O)[O-])c1. The van der Waals surface area contributed by atoms with Gasteiger partial charge in [0.05, 0.1) is 4.92 Å². The second-order valence-electron chi connectivity index (χ2n) is 6.51. The van der Waals surface area contributed by atoms with E-state index >= 15 is 0 Å². The standard InChI is InChI=1S/C20H20N2O4/c1-14(23)17-7-8-18(19(13-17)22(25)26)21-11-9-16(10-12-21)20(24)15-5-3-2-4-6-15/h2-8,13,16H,9-12H2,1H3. The van der Waals surface area contributed by atoms with Crippen LogP contribution in [0.2, 0.25) is 0 Å². The predicted molar refractivity (Wildman–Crippen MR) is 98.8 cm³/mol. The summed E-state index contributed by atoms with van der Waals surface area (Å²) in [7, 11) is 0. The lowest BCUT2D eigenvalue weighted by molar-refractivity contribution is -0.384. The number of nitro groups is 1. The molecule has 3 rings (SSSR count). The number of benzene rings is 2. The molecule has 0 atom stereocenters. The van der Waals surface area contributed by atoms with E-state index in [-0.39, 0.29) is 23.2 Å². The summed E-state index contributed by atoms with van der Waals surface area (Å²) in [5, 5.41) is 11.4. The normalized spacial score (nSPS) is 14.9. The average Bonchev–Trinajstić information content (AvgIpc) is 2.67. The summed E-state index contributed by atoms with van der Waals surface area (Å²) in [6.07, 6.45) is 1.30. The van der Waals surface area contributed by atoms with Gasteiger partial charge in [0.15, 0.2) is 11.6 Å². The minimum Gasteiger partial charge on any atom is -0.366 e. The van der Waals surface area contributed by atoms with E-state index in [2.05, 4.69) is 0 Å². The van der Waals surface area contributed by atoms with Gasteiger partial charge in [0, 0.05) is 36.2 Å². The minimum atomic E-state index is -0.455. The molecule has 1 heterocycles. The third kappa shape index (κ3) is 3.64. The van der Waals surface area contributed by atoms with Crippen LogP contribution in [-0.4, -0.2) is 29.6 Å². The van der Waals surface area contributed by atoms with Crippen molar-refractivity contribution in [2.45, 2.75) is 19.8 Å². The summed E-state index contributed by atoms with van der Waals surface area (Å²) in [4.78, 5) is 36.9. The van der Waals surface area contributed by atoms with Crippen molar-refractivity contribution in [2.24, 2.45) is 5.92 Å². The maximum absolute atomic E-state index is 12.6. The van der Waals surface area contributed by atoms with Crippen molar-refractivity contribution < 1.29 is 14.5 Å². The van der Waals surface area contributed by atoms with E-state index < -0.39 is 4.92 Å². The molecule has 0 aromatic heterocycles. The molecular formula is C20H20N2O4. The second kappa shape index (κ2) is 7.47. The first-order valence-corrected chi connectivity index (χ1v) is 8.61. The number of carbonyl (C=O) groups excluding carboxylic acids is 2. The van der Waals surface area contributed by atoms with Gasteiger partial charge in [0.1, 0.15) is 5.69 Å². The molecule has 2 aromatic carbocycles. The Bertz CT molecular complexity index is 840. The highest BCUT2D eigenvalue weighted by Crippen LogP contribution is 2.33. The number of anilines is 1. The zero-order valence-corrected chi connectivity index (χ0v) is 14.6. The molecule has 0 aliphatic carbocycles. The molecule has 1 fully saturated rings. The lowest BCUT2D eigenvalue weighted by Crippen LogP contribution is -2.36.